The van der Waals surface area contributed by atoms with Crippen LogP contribution in [-0.4, -0.2) is 40.7 Å². The van der Waals surface area contributed by atoms with E-state index in [-0.39, 0.29) is 30.7 Å². The van der Waals surface area contributed by atoms with Crippen molar-refractivity contribution >= 4 is 5.91 Å². The van der Waals surface area contributed by atoms with Gasteiger partial charge >= 0.3 is 0 Å². The van der Waals surface area contributed by atoms with Crippen LogP contribution in [-0.2, 0) is 11.2 Å². The molecule has 0 bridgehead atoms. The summed E-state index contributed by atoms with van der Waals surface area (Å²) in [6.45, 7) is 0.246. The highest BCUT2D eigenvalue weighted by Crippen LogP contribution is 2.33. The number of hydrogen-bond donors (Lipinski definition) is 1. The quantitative estimate of drug-likeness (QED) is 0.933. The first-order chi connectivity index (χ1) is 11.6. The molecule has 2 aromatic rings. The first-order valence-corrected chi connectivity index (χ1v) is 7.78. The number of aliphatic hydroxyl groups is 1. The second-order valence-corrected chi connectivity index (χ2v) is 5.87. The summed E-state index contributed by atoms with van der Waals surface area (Å²) in [7, 11) is 1.55. The Balaban J connectivity index is 1.76. The van der Waals surface area contributed by atoms with Gasteiger partial charge in [0.2, 0.25) is 5.91 Å². The maximum absolute atomic E-state index is 13.5. The highest BCUT2D eigenvalue weighted by Gasteiger charge is 2.35. The summed E-state index contributed by atoms with van der Waals surface area (Å²) in [4.78, 5) is 18.4. The van der Waals surface area contributed by atoms with E-state index >= 15 is 0 Å². The van der Waals surface area contributed by atoms with Crippen molar-refractivity contribution in [3.8, 4) is 5.75 Å². The molecule has 1 saturated heterocycles. The van der Waals surface area contributed by atoms with Crippen molar-refractivity contribution in [3.63, 3.8) is 0 Å². The van der Waals surface area contributed by atoms with Crippen LogP contribution in [0, 0.1) is 5.82 Å². The maximum Gasteiger partial charge on any atom is 0.229 e. The summed E-state index contributed by atoms with van der Waals surface area (Å²) < 4.78 is 18.5. The molecule has 1 aliphatic rings. The fraction of sp³-hybridized carbons (Fsp3) is 0.333. The van der Waals surface area contributed by atoms with E-state index in [2.05, 4.69) is 4.98 Å². The molecule has 6 heteroatoms. The Labute approximate surface area is 139 Å². The van der Waals surface area contributed by atoms with Crippen LogP contribution >= 0.6 is 0 Å². The summed E-state index contributed by atoms with van der Waals surface area (Å²) in [6, 6.07) is 9.33. The molecule has 2 heterocycles. The number of aliphatic hydroxyl groups excluding tert-OH is 1. The number of likely N-dealkylation sites (tertiary alicyclic amines) is 1. The average molecular weight is 330 g/mol. The minimum atomic E-state index is -0.606. The highest BCUT2D eigenvalue weighted by atomic mass is 19.1. The maximum atomic E-state index is 13.5. The molecule has 1 amide bonds. The first kappa shape index (κ1) is 16.4. The van der Waals surface area contributed by atoms with Crippen LogP contribution in [0.4, 0.5) is 4.39 Å². The van der Waals surface area contributed by atoms with Crippen LogP contribution in [0.15, 0.2) is 42.6 Å². The van der Waals surface area contributed by atoms with Gasteiger partial charge in [0.25, 0.3) is 0 Å². The first-order valence-electron chi connectivity index (χ1n) is 7.78. The SMILES string of the molecule is COc1ccc(CC(=O)N2C[C@@H](O)C[C@H]2c2cccc(F)c2)nc1. The van der Waals surface area contributed by atoms with Crippen molar-refractivity contribution < 1.29 is 19.0 Å². The van der Waals surface area contributed by atoms with Gasteiger partial charge in [-0.3, -0.25) is 9.78 Å². The number of halogens is 1. The van der Waals surface area contributed by atoms with Crippen molar-refractivity contribution in [2.24, 2.45) is 0 Å². The molecule has 1 aromatic heterocycles. The van der Waals surface area contributed by atoms with E-state index < -0.39 is 6.10 Å². The number of nitrogens with zero attached hydrogens (tertiary/aromatic N) is 2. The Morgan fingerprint density at radius 3 is 2.92 bits per heavy atom. The van der Waals surface area contributed by atoms with Gasteiger partial charge in [-0.25, -0.2) is 4.39 Å². The lowest BCUT2D eigenvalue weighted by Crippen LogP contribution is -2.33. The molecule has 2 atom stereocenters. The third-order valence-electron chi connectivity index (χ3n) is 4.20. The minimum absolute atomic E-state index is 0.128. The van der Waals surface area contributed by atoms with E-state index in [1.807, 2.05) is 0 Å². The van der Waals surface area contributed by atoms with Gasteiger partial charge in [0, 0.05) is 12.2 Å². The Bertz CT molecular complexity index is 720. The number of hydrogen-bond acceptors (Lipinski definition) is 4. The molecule has 0 aliphatic carbocycles. The predicted octanol–water partition coefficient (Wildman–Crippen LogP) is 2.11. The number of pyridine rings is 1. The molecular weight excluding hydrogens is 311 g/mol. The van der Waals surface area contributed by atoms with Crippen molar-refractivity contribution in [2.75, 3.05) is 13.7 Å². The molecule has 0 saturated carbocycles. The van der Waals surface area contributed by atoms with Gasteiger partial charge in [-0.15, -0.1) is 0 Å². The molecule has 1 fully saturated rings. The number of methoxy groups -OCH3 is 1. The van der Waals surface area contributed by atoms with Crippen LogP contribution < -0.4 is 4.74 Å². The van der Waals surface area contributed by atoms with Crippen molar-refractivity contribution in [2.45, 2.75) is 25.0 Å². The van der Waals surface area contributed by atoms with Gasteiger partial charge in [0.1, 0.15) is 11.6 Å². The highest BCUT2D eigenvalue weighted by molar-refractivity contribution is 5.79. The number of ether oxygens (including phenoxy) is 1. The molecule has 5 nitrogen and oxygen atoms in total. The lowest BCUT2D eigenvalue weighted by molar-refractivity contribution is -0.131. The van der Waals surface area contributed by atoms with E-state index in [1.165, 1.54) is 12.1 Å². The molecule has 0 radical (unpaired) electrons. The van der Waals surface area contributed by atoms with Gasteiger partial charge in [-0.1, -0.05) is 12.1 Å². The second-order valence-electron chi connectivity index (χ2n) is 5.87. The number of rotatable bonds is 4. The largest absolute Gasteiger partial charge is 0.495 e. The molecule has 1 aromatic carbocycles. The fourth-order valence-electron chi connectivity index (χ4n) is 3.01. The lowest BCUT2D eigenvalue weighted by Gasteiger charge is -2.24. The zero-order valence-electron chi connectivity index (χ0n) is 13.4. The van der Waals surface area contributed by atoms with Crippen molar-refractivity contribution in [1.29, 1.82) is 0 Å². The lowest BCUT2D eigenvalue weighted by atomic mass is 10.0. The standard InChI is InChI=1S/C18H19FN2O3/c1-24-16-6-5-14(20-10-16)8-18(23)21-11-15(22)9-17(21)12-3-2-4-13(19)7-12/h2-7,10,15,17,22H,8-9,11H2,1H3/t15-,17-/m0/s1. The summed E-state index contributed by atoms with van der Waals surface area (Å²) in [5.74, 6) is 0.136. The summed E-state index contributed by atoms with van der Waals surface area (Å²) >= 11 is 0. The zero-order valence-corrected chi connectivity index (χ0v) is 13.4. The van der Waals surface area contributed by atoms with Crippen molar-refractivity contribution in [1.82, 2.24) is 9.88 Å². The number of carbonyl (C=O) groups is 1. The molecule has 0 spiro atoms. The van der Waals surface area contributed by atoms with Crippen molar-refractivity contribution in [3.05, 3.63) is 59.7 Å². The third kappa shape index (κ3) is 3.54. The Morgan fingerprint density at radius 1 is 1.42 bits per heavy atom. The van der Waals surface area contributed by atoms with Gasteiger partial charge < -0.3 is 14.7 Å². The van der Waals surface area contributed by atoms with E-state index in [4.69, 9.17) is 4.74 Å². The van der Waals surface area contributed by atoms with Crippen LogP contribution in [0.5, 0.6) is 5.75 Å². The fourth-order valence-corrected chi connectivity index (χ4v) is 3.01. The third-order valence-corrected chi connectivity index (χ3v) is 4.20. The minimum Gasteiger partial charge on any atom is -0.495 e. The second kappa shape index (κ2) is 6.97. The van der Waals surface area contributed by atoms with E-state index in [1.54, 1.807) is 42.5 Å². The molecule has 3 rings (SSSR count). The zero-order chi connectivity index (χ0) is 17.1. The Morgan fingerprint density at radius 2 is 2.25 bits per heavy atom. The molecular formula is C18H19FN2O3. The molecule has 0 unspecified atom stereocenters. The van der Waals surface area contributed by atoms with E-state index in [9.17, 15) is 14.3 Å². The van der Waals surface area contributed by atoms with E-state index in [0.29, 0.717) is 23.4 Å². The Hall–Kier alpha value is -2.47. The Kier molecular flexibility index (Phi) is 4.76. The molecule has 24 heavy (non-hydrogen) atoms. The van der Waals surface area contributed by atoms with Gasteiger partial charge in [-0.2, -0.15) is 0 Å². The summed E-state index contributed by atoms with van der Waals surface area (Å²) in [5.41, 5.74) is 1.32. The van der Waals surface area contributed by atoms with Crippen LogP contribution in [0.25, 0.3) is 0 Å². The summed E-state index contributed by atoms with van der Waals surface area (Å²) in [5, 5.41) is 9.96. The number of β-amino-alcohol motifs (C(OH)–C–C–N with tert-alkyl or cyclic N) is 1. The number of carbonyl (C=O) groups excluding carboxylic acids is 1. The predicted molar refractivity (Wildman–Crippen MR) is 86.0 cm³/mol. The molecule has 126 valence electrons. The van der Waals surface area contributed by atoms with E-state index in [0.717, 1.165) is 0 Å². The number of benzene rings is 1. The molecule has 1 N–H and O–H groups in total. The topological polar surface area (TPSA) is 62.7 Å². The van der Waals surface area contributed by atoms with Gasteiger partial charge in [0.15, 0.2) is 0 Å². The number of amides is 1. The monoisotopic (exact) mass is 330 g/mol. The average Bonchev–Trinajstić information content (AvgIpc) is 2.98. The van der Waals surface area contributed by atoms with Gasteiger partial charge in [-0.05, 0) is 36.2 Å². The number of aromatic nitrogens is 1. The molecule has 1 aliphatic heterocycles. The van der Waals surface area contributed by atoms with Crippen LogP contribution in [0.2, 0.25) is 0 Å². The smallest absolute Gasteiger partial charge is 0.229 e. The van der Waals surface area contributed by atoms with Gasteiger partial charge in [0.05, 0.1) is 31.9 Å². The van der Waals surface area contributed by atoms with Crippen LogP contribution in [0.3, 0.4) is 0 Å². The normalized spacial score (nSPS) is 20.2. The van der Waals surface area contributed by atoms with Crippen LogP contribution in [0.1, 0.15) is 23.7 Å². The summed E-state index contributed by atoms with van der Waals surface area (Å²) in [6.07, 6.45) is 1.49.